The zero-order valence-corrected chi connectivity index (χ0v) is 24.0. The lowest BCUT2D eigenvalue weighted by molar-refractivity contribution is -0.156. The number of esters is 1. The Morgan fingerprint density at radius 2 is 1.77 bits per heavy atom. The van der Waals surface area contributed by atoms with Crippen molar-refractivity contribution in [2.45, 2.75) is 43.7 Å². The Kier molecular flexibility index (Phi) is 10.5. The third-order valence-electron chi connectivity index (χ3n) is 5.27. The average Bonchev–Trinajstić information content (AvgIpc) is 2.89. The molecule has 12 heteroatoms. The summed E-state index contributed by atoms with van der Waals surface area (Å²) in [6.45, 7) is 5.28. The van der Waals surface area contributed by atoms with Crippen LogP contribution in [0.2, 0.25) is 5.02 Å². The molecular formula is C28H30ClFN4O5S. The van der Waals surface area contributed by atoms with E-state index in [0.29, 0.717) is 5.02 Å². The monoisotopic (exact) mass is 588 g/mol. The number of carbonyl (C=O) groups is 3. The number of anilines is 2. The highest BCUT2D eigenvalue weighted by molar-refractivity contribution is 7.98. The van der Waals surface area contributed by atoms with Crippen LogP contribution >= 0.6 is 23.4 Å². The number of rotatable bonds is 10. The SMILES string of the molecule is CSc1ccc(C(=O)Nc2ccc(F)cc2C(=O)Nc2ccc(Cl)cn2)c(OCCC(N)C(=O)OC(C)(C)C)c1. The minimum Gasteiger partial charge on any atom is -0.493 e. The molecule has 0 aliphatic carbocycles. The van der Waals surface area contributed by atoms with Crippen LogP contribution in [0.15, 0.2) is 59.6 Å². The molecule has 0 spiro atoms. The first-order valence-corrected chi connectivity index (χ1v) is 13.8. The first-order valence-electron chi connectivity index (χ1n) is 12.2. The van der Waals surface area contributed by atoms with E-state index in [0.717, 1.165) is 17.0 Å². The number of aromatic nitrogens is 1. The zero-order valence-electron chi connectivity index (χ0n) is 22.4. The third kappa shape index (κ3) is 8.94. The van der Waals surface area contributed by atoms with Gasteiger partial charge in [0.15, 0.2) is 0 Å². The smallest absolute Gasteiger partial charge is 0.323 e. The molecule has 0 bridgehead atoms. The Morgan fingerprint density at radius 3 is 2.42 bits per heavy atom. The summed E-state index contributed by atoms with van der Waals surface area (Å²) >= 11 is 7.28. The summed E-state index contributed by atoms with van der Waals surface area (Å²) in [6.07, 6.45) is 3.38. The van der Waals surface area contributed by atoms with Crippen LogP contribution in [0.25, 0.3) is 0 Å². The fourth-order valence-corrected chi connectivity index (χ4v) is 3.91. The van der Waals surface area contributed by atoms with Crippen LogP contribution < -0.4 is 21.1 Å². The van der Waals surface area contributed by atoms with Crippen molar-refractivity contribution in [3.63, 3.8) is 0 Å². The lowest BCUT2D eigenvalue weighted by Gasteiger charge is -2.22. The third-order valence-corrected chi connectivity index (χ3v) is 6.22. The Hall–Kier alpha value is -3.67. The number of nitrogens with one attached hydrogen (secondary N) is 2. The van der Waals surface area contributed by atoms with Gasteiger partial charge in [0.05, 0.1) is 28.4 Å². The molecule has 1 atom stereocenters. The van der Waals surface area contributed by atoms with E-state index in [9.17, 15) is 18.8 Å². The van der Waals surface area contributed by atoms with Crippen LogP contribution in [-0.2, 0) is 9.53 Å². The molecule has 0 aliphatic heterocycles. The van der Waals surface area contributed by atoms with Crippen molar-refractivity contribution in [3.05, 3.63) is 76.7 Å². The average molecular weight is 589 g/mol. The Bertz CT molecular complexity index is 1380. The highest BCUT2D eigenvalue weighted by atomic mass is 35.5. The quantitative estimate of drug-likeness (QED) is 0.208. The predicted molar refractivity (Wildman–Crippen MR) is 154 cm³/mol. The van der Waals surface area contributed by atoms with E-state index in [1.807, 2.05) is 6.26 Å². The second-order valence-electron chi connectivity index (χ2n) is 9.60. The molecule has 0 aliphatic rings. The van der Waals surface area contributed by atoms with Crippen molar-refractivity contribution in [1.29, 1.82) is 0 Å². The number of pyridine rings is 1. The minimum absolute atomic E-state index is 0.0385. The van der Waals surface area contributed by atoms with Gasteiger partial charge in [0.1, 0.15) is 29.0 Å². The normalized spacial score (nSPS) is 11.9. The number of nitrogens with two attached hydrogens (primary N) is 1. The van der Waals surface area contributed by atoms with Crippen LogP contribution in [0.1, 0.15) is 47.9 Å². The van der Waals surface area contributed by atoms with E-state index in [1.165, 1.54) is 30.1 Å². The number of nitrogens with zero attached hydrogens (tertiary/aromatic N) is 1. The van der Waals surface area contributed by atoms with Crippen molar-refractivity contribution >= 4 is 52.7 Å². The van der Waals surface area contributed by atoms with Crippen LogP contribution in [0.4, 0.5) is 15.9 Å². The van der Waals surface area contributed by atoms with Crippen molar-refractivity contribution in [3.8, 4) is 5.75 Å². The zero-order chi connectivity index (χ0) is 29.4. The molecule has 40 heavy (non-hydrogen) atoms. The maximum absolute atomic E-state index is 14.1. The fourth-order valence-electron chi connectivity index (χ4n) is 3.36. The maximum Gasteiger partial charge on any atom is 0.323 e. The van der Waals surface area contributed by atoms with Crippen LogP contribution in [0, 0.1) is 5.82 Å². The van der Waals surface area contributed by atoms with Crippen LogP contribution in [0.3, 0.4) is 0 Å². The number of hydrogen-bond donors (Lipinski definition) is 3. The number of benzene rings is 2. The molecule has 212 valence electrons. The molecule has 1 aromatic heterocycles. The lowest BCUT2D eigenvalue weighted by Crippen LogP contribution is -2.38. The van der Waals surface area contributed by atoms with Gasteiger partial charge in [0.2, 0.25) is 0 Å². The summed E-state index contributed by atoms with van der Waals surface area (Å²) in [5.74, 6) is -2.05. The van der Waals surface area contributed by atoms with Gasteiger partial charge in [-0.15, -0.1) is 11.8 Å². The predicted octanol–water partition coefficient (Wildman–Crippen LogP) is 5.54. The lowest BCUT2D eigenvalue weighted by atomic mass is 10.1. The molecule has 0 saturated heterocycles. The summed E-state index contributed by atoms with van der Waals surface area (Å²) in [4.78, 5) is 43.2. The van der Waals surface area contributed by atoms with Crippen molar-refractivity contribution < 1.29 is 28.2 Å². The molecule has 2 amide bonds. The molecule has 0 saturated carbocycles. The van der Waals surface area contributed by atoms with Gasteiger partial charge >= 0.3 is 5.97 Å². The number of carbonyl (C=O) groups excluding carboxylic acids is 3. The van der Waals surface area contributed by atoms with Crippen molar-refractivity contribution in [2.75, 3.05) is 23.5 Å². The van der Waals surface area contributed by atoms with E-state index in [4.69, 9.17) is 26.8 Å². The summed E-state index contributed by atoms with van der Waals surface area (Å²) in [6, 6.07) is 10.5. The highest BCUT2D eigenvalue weighted by Crippen LogP contribution is 2.28. The number of ether oxygens (including phenoxy) is 2. The van der Waals surface area contributed by atoms with Gasteiger partial charge in [0, 0.05) is 17.5 Å². The molecule has 0 radical (unpaired) electrons. The fraction of sp³-hybridized carbons (Fsp3) is 0.286. The maximum atomic E-state index is 14.1. The summed E-state index contributed by atoms with van der Waals surface area (Å²) in [5, 5.41) is 5.59. The first kappa shape index (κ1) is 30.9. The summed E-state index contributed by atoms with van der Waals surface area (Å²) in [5.41, 5.74) is 5.40. The van der Waals surface area contributed by atoms with Crippen LogP contribution in [-0.4, -0.2) is 47.3 Å². The number of amides is 2. The van der Waals surface area contributed by atoms with Gasteiger partial charge in [-0.05, 0) is 75.6 Å². The van der Waals surface area contributed by atoms with E-state index in [2.05, 4.69) is 15.6 Å². The molecule has 0 fully saturated rings. The minimum atomic E-state index is -0.907. The van der Waals surface area contributed by atoms with Gasteiger partial charge in [-0.3, -0.25) is 14.4 Å². The second-order valence-corrected chi connectivity index (χ2v) is 10.9. The first-order chi connectivity index (χ1) is 18.9. The van der Waals surface area contributed by atoms with Gasteiger partial charge in [-0.2, -0.15) is 0 Å². The molecule has 1 heterocycles. The number of halogens is 2. The summed E-state index contributed by atoms with van der Waals surface area (Å²) in [7, 11) is 0. The van der Waals surface area contributed by atoms with E-state index >= 15 is 0 Å². The van der Waals surface area contributed by atoms with Crippen molar-refractivity contribution in [2.24, 2.45) is 5.73 Å². The number of hydrogen-bond acceptors (Lipinski definition) is 8. The second kappa shape index (κ2) is 13.6. The van der Waals surface area contributed by atoms with Gasteiger partial charge in [-0.25, -0.2) is 9.37 Å². The summed E-state index contributed by atoms with van der Waals surface area (Å²) < 4.78 is 25.2. The molecule has 9 nitrogen and oxygen atoms in total. The van der Waals surface area contributed by atoms with Gasteiger partial charge in [-0.1, -0.05) is 11.6 Å². The highest BCUT2D eigenvalue weighted by Gasteiger charge is 2.23. The largest absolute Gasteiger partial charge is 0.493 e. The van der Waals surface area contributed by atoms with Crippen LogP contribution in [0.5, 0.6) is 5.75 Å². The van der Waals surface area contributed by atoms with Gasteiger partial charge < -0.3 is 25.8 Å². The Labute approximate surface area is 241 Å². The van der Waals surface area contributed by atoms with Crippen molar-refractivity contribution in [1.82, 2.24) is 4.98 Å². The molecule has 3 aromatic rings. The molecule has 4 N–H and O–H groups in total. The standard InChI is InChI=1S/C28H30ClFN4O5S/c1-28(2,3)39-27(37)21(31)11-12-38-23-14-18(40-4)7-8-19(23)25(35)33-22-9-6-17(30)13-20(22)26(36)34-24-10-5-16(29)15-32-24/h5-10,13-15,21H,11-12,31H2,1-4H3,(H,33,35)(H,32,34,36). The molecule has 3 rings (SSSR count). The number of thioether (sulfide) groups is 1. The molecule has 2 aromatic carbocycles. The van der Waals surface area contributed by atoms with E-state index < -0.39 is 35.2 Å². The Morgan fingerprint density at radius 1 is 1.05 bits per heavy atom. The topological polar surface area (TPSA) is 133 Å². The molecular weight excluding hydrogens is 559 g/mol. The van der Waals surface area contributed by atoms with E-state index in [1.54, 1.807) is 45.0 Å². The van der Waals surface area contributed by atoms with E-state index in [-0.39, 0.29) is 41.4 Å². The molecule has 1 unspecified atom stereocenters. The Balaban J connectivity index is 1.77. The van der Waals surface area contributed by atoms with Gasteiger partial charge in [0.25, 0.3) is 11.8 Å².